The monoisotopic (exact) mass is 168 g/mol. The first-order chi connectivity index (χ1) is 5.66. The molecule has 4 nitrogen and oxygen atoms in total. The summed E-state index contributed by atoms with van der Waals surface area (Å²) in [7, 11) is 1.22. The van der Waals surface area contributed by atoms with Gasteiger partial charge in [0, 0.05) is 5.69 Å². The van der Waals surface area contributed by atoms with Crippen LogP contribution in [0.4, 0.5) is 10.5 Å². The highest BCUT2D eigenvalue weighted by atomic mass is 16.5. The van der Waals surface area contributed by atoms with E-state index in [4.69, 9.17) is 5.73 Å². The van der Waals surface area contributed by atoms with Gasteiger partial charge in [-0.2, -0.15) is 0 Å². The number of para-hydroxylation sites is 1. The van der Waals surface area contributed by atoms with Crippen molar-refractivity contribution in [1.82, 2.24) is 0 Å². The number of nitrogen functional groups attached to an aromatic ring is 1. The predicted octanol–water partition coefficient (Wildman–Crippen LogP) is 0.980. The maximum atomic E-state index is 9.37. The summed E-state index contributed by atoms with van der Waals surface area (Å²) in [5.74, 6) is 0. The van der Waals surface area contributed by atoms with Crippen molar-refractivity contribution in [2.24, 2.45) is 5.73 Å². The largest absolute Gasteiger partial charge is 0.453 e. The Kier molecular flexibility index (Phi) is 5.17. The predicted molar refractivity (Wildman–Crippen MR) is 47.4 cm³/mol. The van der Waals surface area contributed by atoms with Gasteiger partial charge in [-0.3, -0.25) is 0 Å². The molecule has 1 aromatic carbocycles. The molecular weight excluding hydrogens is 156 g/mol. The standard InChI is InChI=1S/C6H7N.C2H5NO2/c7-6-4-2-1-3-5-6;1-5-2(3)4/h1-5H,7H2;1H3,(H2,3,4). The fourth-order valence-corrected chi connectivity index (χ4v) is 0.453. The van der Waals surface area contributed by atoms with Crippen molar-refractivity contribution >= 4 is 11.8 Å². The number of rotatable bonds is 0. The van der Waals surface area contributed by atoms with Gasteiger partial charge in [-0.15, -0.1) is 0 Å². The SMILES string of the molecule is COC(N)=O.Nc1ccccc1. The molecule has 4 N–H and O–H groups in total. The van der Waals surface area contributed by atoms with E-state index >= 15 is 0 Å². The lowest BCUT2D eigenvalue weighted by molar-refractivity contribution is 0.182. The molecule has 1 aromatic rings. The Bertz CT molecular complexity index is 224. The van der Waals surface area contributed by atoms with E-state index in [2.05, 4.69) is 10.5 Å². The van der Waals surface area contributed by atoms with Gasteiger partial charge in [0.25, 0.3) is 0 Å². The first-order valence-electron chi connectivity index (χ1n) is 3.30. The van der Waals surface area contributed by atoms with E-state index in [-0.39, 0.29) is 0 Å². The Labute approximate surface area is 71.1 Å². The van der Waals surface area contributed by atoms with Crippen molar-refractivity contribution in [1.29, 1.82) is 0 Å². The second-order valence-corrected chi connectivity index (χ2v) is 1.93. The summed E-state index contributed by atoms with van der Waals surface area (Å²) < 4.78 is 3.89. The van der Waals surface area contributed by atoms with Crippen molar-refractivity contribution in [3.05, 3.63) is 30.3 Å². The average Bonchev–Trinajstić information content (AvgIpc) is 2.07. The van der Waals surface area contributed by atoms with Crippen LogP contribution in [0.3, 0.4) is 0 Å². The molecule has 0 aliphatic rings. The van der Waals surface area contributed by atoms with Crippen LogP contribution in [-0.2, 0) is 4.74 Å². The zero-order valence-electron chi connectivity index (χ0n) is 6.86. The number of ether oxygens (including phenoxy) is 1. The highest BCUT2D eigenvalue weighted by Gasteiger charge is 1.76. The second-order valence-electron chi connectivity index (χ2n) is 1.93. The van der Waals surface area contributed by atoms with Crippen LogP contribution in [0, 0.1) is 0 Å². The molecule has 0 heterocycles. The average molecular weight is 168 g/mol. The topological polar surface area (TPSA) is 78.3 Å². The summed E-state index contributed by atoms with van der Waals surface area (Å²) >= 11 is 0. The van der Waals surface area contributed by atoms with Crippen molar-refractivity contribution < 1.29 is 9.53 Å². The summed E-state index contributed by atoms with van der Waals surface area (Å²) in [6, 6.07) is 9.49. The molecular formula is C8H12N2O2. The highest BCUT2D eigenvalue weighted by molar-refractivity contribution is 5.64. The smallest absolute Gasteiger partial charge is 0.404 e. The van der Waals surface area contributed by atoms with E-state index in [9.17, 15) is 4.79 Å². The summed E-state index contributed by atoms with van der Waals surface area (Å²) in [6.07, 6.45) is -0.745. The van der Waals surface area contributed by atoms with Crippen LogP contribution < -0.4 is 11.5 Å². The Morgan fingerprint density at radius 1 is 1.33 bits per heavy atom. The minimum absolute atomic E-state index is 0.745. The zero-order chi connectivity index (χ0) is 9.40. The van der Waals surface area contributed by atoms with E-state index in [1.54, 1.807) is 0 Å². The third-order valence-corrected chi connectivity index (χ3v) is 1.00. The minimum atomic E-state index is -0.745. The van der Waals surface area contributed by atoms with Crippen LogP contribution in [-0.4, -0.2) is 13.2 Å². The number of anilines is 1. The number of primary amides is 1. The fraction of sp³-hybridized carbons (Fsp3) is 0.125. The van der Waals surface area contributed by atoms with Gasteiger partial charge in [0.05, 0.1) is 7.11 Å². The van der Waals surface area contributed by atoms with Crippen molar-refractivity contribution in [3.8, 4) is 0 Å². The molecule has 0 saturated carbocycles. The summed E-state index contributed by atoms with van der Waals surface area (Å²) in [6.45, 7) is 0. The molecule has 0 aliphatic heterocycles. The lowest BCUT2D eigenvalue weighted by Crippen LogP contribution is -2.08. The molecule has 0 radical (unpaired) electrons. The van der Waals surface area contributed by atoms with E-state index < -0.39 is 6.09 Å². The number of methoxy groups -OCH3 is 1. The minimum Gasteiger partial charge on any atom is -0.453 e. The Balaban J connectivity index is 0.000000217. The Hall–Kier alpha value is -1.71. The van der Waals surface area contributed by atoms with Gasteiger partial charge in [-0.05, 0) is 12.1 Å². The molecule has 0 atom stereocenters. The molecule has 0 bridgehead atoms. The van der Waals surface area contributed by atoms with Gasteiger partial charge >= 0.3 is 6.09 Å². The Morgan fingerprint density at radius 3 is 1.92 bits per heavy atom. The number of carbonyl (C=O) groups excluding carboxylic acids is 1. The lowest BCUT2D eigenvalue weighted by Gasteiger charge is -1.83. The molecule has 1 rings (SSSR count). The van der Waals surface area contributed by atoms with Gasteiger partial charge in [0.1, 0.15) is 0 Å². The fourth-order valence-electron chi connectivity index (χ4n) is 0.453. The van der Waals surface area contributed by atoms with Crippen LogP contribution >= 0.6 is 0 Å². The van der Waals surface area contributed by atoms with Crippen LogP contribution in [0.1, 0.15) is 0 Å². The summed E-state index contributed by atoms with van der Waals surface area (Å²) in [4.78, 5) is 9.37. The van der Waals surface area contributed by atoms with E-state index in [0.717, 1.165) is 5.69 Å². The summed E-state index contributed by atoms with van der Waals surface area (Å²) in [5.41, 5.74) is 10.6. The highest BCUT2D eigenvalue weighted by Crippen LogP contribution is 1.95. The zero-order valence-corrected chi connectivity index (χ0v) is 6.86. The number of hydrogen-bond acceptors (Lipinski definition) is 3. The van der Waals surface area contributed by atoms with Crippen molar-refractivity contribution in [3.63, 3.8) is 0 Å². The quantitative estimate of drug-likeness (QED) is 0.567. The Morgan fingerprint density at radius 2 is 1.75 bits per heavy atom. The third kappa shape index (κ3) is 6.41. The molecule has 1 amide bonds. The molecule has 0 aromatic heterocycles. The van der Waals surface area contributed by atoms with Crippen LogP contribution in [0.25, 0.3) is 0 Å². The van der Waals surface area contributed by atoms with Gasteiger partial charge < -0.3 is 16.2 Å². The molecule has 12 heavy (non-hydrogen) atoms. The number of nitrogens with two attached hydrogens (primary N) is 2. The van der Waals surface area contributed by atoms with Gasteiger partial charge in [-0.25, -0.2) is 4.79 Å². The first kappa shape index (κ1) is 10.3. The molecule has 0 spiro atoms. The van der Waals surface area contributed by atoms with Crippen LogP contribution in [0.2, 0.25) is 0 Å². The van der Waals surface area contributed by atoms with Crippen molar-refractivity contribution in [2.75, 3.05) is 12.8 Å². The van der Waals surface area contributed by atoms with E-state index in [1.807, 2.05) is 30.3 Å². The number of benzene rings is 1. The molecule has 0 aliphatic carbocycles. The van der Waals surface area contributed by atoms with E-state index in [1.165, 1.54) is 7.11 Å². The number of amides is 1. The first-order valence-corrected chi connectivity index (χ1v) is 3.30. The maximum absolute atomic E-state index is 9.37. The normalized spacial score (nSPS) is 7.75. The number of hydrogen-bond donors (Lipinski definition) is 2. The molecule has 66 valence electrons. The molecule has 0 fully saturated rings. The maximum Gasteiger partial charge on any atom is 0.404 e. The van der Waals surface area contributed by atoms with Gasteiger partial charge in [0.2, 0.25) is 0 Å². The summed E-state index contributed by atoms with van der Waals surface area (Å²) in [5, 5.41) is 0. The molecule has 0 saturated heterocycles. The second kappa shape index (κ2) is 6.03. The van der Waals surface area contributed by atoms with E-state index in [0.29, 0.717) is 0 Å². The lowest BCUT2D eigenvalue weighted by atomic mass is 10.3. The van der Waals surface area contributed by atoms with Crippen LogP contribution in [0.5, 0.6) is 0 Å². The number of carbonyl (C=O) groups is 1. The third-order valence-electron chi connectivity index (χ3n) is 1.00. The van der Waals surface area contributed by atoms with Gasteiger partial charge in [-0.1, -0.05) is 18.2 Å². The van der Waals surface area contributed by atoms with Gasteiger partial charge in [0.15, 0.2) is 0 Å². The molecule has 4 heteroatoms. The molecule has 0 unspecified atom stereocenters. The van der Waals surface area contributed by atoms with Crippen molar-refractivity contribution in [2.45, 2.75) is 0 Å². The van der Waals surface area contributed by atoms with Crippen LogP contribution in [0.15, 0.2) is 30.3 Å².